The van der Waals surface area contributed by atoms with Crippen LogP contribution in [0.2, 0.25) is 0 Å². The lowest BCUT2D eigenvalue weighted by Gasteiger charge is -2.35. The van der Waals surface area contributed by atoms with E-state index in [1.165, 1.54) is 19.3 Å². The number of nitrogens with one attached hydrogen (secondary N) is 1. The molecule has 1 aliphatic rings. The highest BCUT2D eigenvalue weighted by molar-refractivity contribution is 5.37. The minimum absolute atomic E-state index is 0.563. The molecule has 0 bridgehead atoms. The molecule has 100 valence electrons. The Labute approximate surface area is 110 Å². The lowest BCUT2D eigenvalue weighted by atomic mass is 9.78. The van der Waals surface area contributed by atoms with E-state index in [0.717, 1.165) is 35.6 Å². The molecule has 3 atom stereocenters. The average molecular weight is 247 g/mol. The number of hydrogen-bond acceptors (Lipinski definition) is 3. The Morgan fingerprint density at radius 1 is 1.28 bits per heavy atom. The van der Waals surface area contributed by atoms with Gasteiger partial charge in [-0.05, 0) is 25.2 Å². The monoisotopic (exact) mass is 247 g/mol. The largest absolute Gasteiger partial charge is 0.367 e. The van der Waals surface area contributed by atoms with Crippen molar-refractivity contribution in [3.8, 4) is 0 Å². The fraction of sp³-hybridized carbons (Fsp3) is 0.733. The van der Waals surface area contributed by atoms with E-state index in [0.29, 0.717) is 6.04 Å². The molecular formula is C15H25N3. The fourth-order valence-corrected chi connectivity index (χ4v) is 2.84. The van der Waals surface area contributed by atoms with E-state index in [9.17, 15) is 0 Å². The smallest absolute Gasteiger partial charge is 0.130 e. The van der Waals surface area contributed by atoms with E-state index in [2.05, 4.69) is 42.1 Å². The lowest BCUT2D eigenvalue weighted by Crippen LogP contribution is -2.35. The van der Waals surface area contributed by atoms with Crippen LogP contribution in [0.3, 0.4) is 0 Å². The molecule has 1 aromatic heterocycles. The molecule has 2 rings (SSSR count). The number of anilines is 1. The first-order chi connectivity index (χ1) is 8.60. The SMILES string of the molecule is CCc1nc(C)cc(NC2CCCC(C)C2C)n1. The van der Waals surface area contributed by atoms with Gasteiger partial charge < -0.3 is 5.32 Å². The zero-order chi connectivity index (χ0) is 13.1. The van der Waals surface area contributed by atoms with E-state index in [1.807, 2.05) is 6.92 Å². The Morgan fingerprint density at radius 2 is 2.06 bits per heavy atom. The van der Waals surface area contributed by atoms with Crippen molar-refractivity contribution in [3.05, 3.63) is 17.6 Å². The maximum absolute atomic E-state index is 4.58. The minimum Gasteiger partial charge on any atom is -0.367 e. The molecule has 3 unspecified atom stereocenters. The maximum atomic E-state index is 4.58. The third-order valence-electron chi connectivity index (χ3n) is 4.26. The van der Waals surface area contributed by atoms with Crippen LogP contribution in [0, 0.1) is 18.8 Å². The molecule has 0 spiro atoms. The normalized spacial score (nSPS) is 28.1. The first kappa shape index (κ1) is 13.3. The lowest BCUT2D eigenvalue weighted by molar-refractivity contribution is 0.253. The number of nitrogens with zero attached hydrogens (tertiary/aromatic N) is 2. The second kappa shape index (κ2) is 5.68. The molecule has 1 N–H and O–H groups in total. The first-order valence-electron chi connectivity index (χ1n) is 7.21. The van der Waals surface area contributed by atoms with Crippen LogP contribution in [0.1, 0.15) is 51.6 Å². The van der Waals surface area contributed by atoms with Gasteiger partial charge in [-0.1, -0.05) is 33.6 Å². The van der Waals surface area contributed by atoms with Crippen molar-refractivity contribution in [1.29, 1.82) is 0 Å². The standard InChI is InChI=1S/C15H25N3/c1-5-14-16-11(3)9-15(18-14)17-13-8-6-7-10(2)12(13)4/h9-10,12-13H,5-8H2,1-4H3,(H,16,17,18). The summed E-state index contributed by atoms with van der Waals surface area (Å²) in [6.07, 6.45) is 4.85. The summed E-state index contributed by atoms with van der Waals surface area (Å²) >= 11 is 0. The summed E-state index contributed by atoms with van der Waals surface area (Å²) in [6.45, 7) is 8.86. The second-order valence-corrected chi connectivity index (χ2v) is 5.68. The third-order valence-corrected chi connectivity index (χ3v) is 4.26. The van der Waals surface area contributed by atoms with E-state index in [4.69, 9.17) is 0 Å². The Bertz CT molecular complexity index is 403. The molecule has 1 aliphatic carbocycles. The predicted octanol–water partition coefficient (Wildman–Crippen LogP) is 3.58. The van der Waals surface area contributed by atoms with Crippen LogP contribution in [0.5, 0.6) is 0 Å². The predicted molar refractivity (Wildman–Crippen MR) is 75.7 cm³/mol. The number of aromatic nitrogens is 2. The van der Waals surface area contributed by atoms with Crippen LogP contribution < -0.4 is 5.32 Å². The van der Waals surface area contributed by atoms with Gasteiger partial charge in [0.2, 0.25) is 0 Å². The van der Waals surface area contributed by atoms with Gasteiger partial charge in [0.25, 0.3) is 0 Å². The van der Waals surface area contributed by atoms with Crippen LogP contribution in [0.25, 0.3) is 0 Å². The summed E-state index contributed by atoms with van der Waals surface area (Å²) in [5, 5.41) is 3.63. The van der Waals surface area contributed by atoms with Crippen molar-refractivity contribution in [1.82, 2.24) is 9.97 Å². The molecule has 0 amide bonds. The average Bonchev–Trinajstić information content (AvgIpc) is 2.34. The molecule has 0 saturated heterocycles. The Balaban J connectivity index is 2.10. The molecule has 18 heavy (non-hydrogen) atoms. The van der Waals surface area contributed by atoms with Crippen LogP contribution in [0.4, 0.5) is 5.82 Å². The number of hydrogen-bond donors (Lipinski definition) is 1. The van der Waals surface area contributed by atoms with E-state index < -0.39 is 0 Å². The van der Waals surface area contributed by atoms with Crippen molar-refractivity contribution < 1.29 is 0 Å². The van der Waals surface area contributed by atoms with Gasteiger partial charge >= 0.3 is 0 Å². The van der Waals surface area contributed by atoms with Gasteiger partial charge in [0.1, 0.15) is 11.6 Å². The van der Waals surface area contributed by atoms with E-state index >= 15 is 0 Å². The highest BCUT2D eigenvalue weighted by atomic mass is 15.1. The van der Waals surface area contributed by atoms with Gasteiger partial charge in [0.15, 0.2) is 0 Å². The summed E-state index contributed by atoms with van der Waals surface area (Å²) in [5.41, 5.74) is 1.06. The van der Waals surface area contributed by atoms with Crippen molar-refractivity contribution in [2.75, 3.05) is 5.32 Å². The molecule has 0 aromatic carbocycles. The van der Waals surface area contributed by atoms with Gasteiger partial charge in [0.05, 0.1) is 0 Å². The quantitative estimate of drug-likeness (QED) is 0.887. The zero-order valence-corrected chi connectivity index (χ0v) is 12.0. The summed E-state index contributed by atoms with van der Waals surface area (Å²) in [7, 11) is 0. The zero-order valence-electron chi connectivity index (χ0n) is 12.0. The second-order valence-electron chi connectivity index (χ2n) is 5.68. The van der Waals surface area contributed by atoms with Gasteiger partial charge in [-0.3, -0.25) is 0 Å². The Morgan fingerprint density at radius 3 is 2.78 bits per heavy atom. The van der Waals surface area contributed by atoms with Crippen LogP contribution in [-0.4, -0.2) is 16.0 Å². The Kier molecular flexibility index (Phi) is 4.20. The van der Waals surface area contributed by atoms with Gasteiger partial charge in [0, 0.05) is 24.2 Å². The van der Waals surface area contributed by atoms with Crippen molar-refractivity contribution in [2.45, 2.75) is 59.4 Å². The molecule has 1 saturated carbocycles. The number of aryl methyl sites for hydroxylation is 2. The first-order valence-corrected chi connectivity index (χ1v) is 7.21. The summed E-state index contributed by atoms with van der Waals surface area (Å²) in [6, 6.07) is 2.62. The topological polar surface area (TPSA) is 37.8 Å². The minimum atomic E-state index is 0.563. The van der Waals surface area contributed by atoms with Gasteiger partial charge in [-0.25, -0.2) is 9.97 Å². The molecule has 1 fully saturated rings. The Hall–Kier alpha value is -1.12. The number of rotatable bonds is 3. The van der Waals surface area contributed by atoms with Gasteiger partial charge in [-0.15, -0.1) is 0 Å². The van der Waals surface area contributed by atoms with Crippen LogP contribution in [0.15, 0.2) is 6.07 Å². The highest BCUT2D eigenvalue weighted by Crippen LogP contribution is 2.31. The summed E-state index contributed by atoms with van der Waals surface area (Å²) in [4.78, 5) is 9.01. The van der Waals surface area contributed by atoms with Crippen molar-refractivity contribution in [3.63, 3.8) is 0 Å². The van der Waals surface area contributed by atoms with E-state index in [-0.39, 0.29) is 0 Å². The molecule has 3 heteroatoms. The fourth-order valence-electron chi connectivity index (χ4n) is 2.84. The molecule has 0 radical (unpaired) electrons. The van der Waals surface area contributed by atoms with Crippen LogP contribution >= 0.6 is 0 Å². The highest BCUT2D eigenvalue weighted by Gasteiger charge is 2.27. The van der Waals surface area contributed by atoms with Crippen molar-refractivity contribution >= 4 is 5.82 Å². The molecule has 1 heterocycles. The molecule has 1 aromatic rings. The third kappa shape index (κ3) is 3.01. The van der Waals surface area contributed by atoms with Crippen LogP contribution in [-0.2, 0) is 6.42 Å². The van der Waals surface area contributed by atoms with Crippen molar-refractivity contribution in [2.24, 2.45) is 11.8 Å². The van der Waals surface area contributed by atoms with E-state index in [1.54, 1.807) is 0 Å². The summed E-state index contributed by atoms with van der Waals surface area (Å²) < 4.78 is 0. The maximum Gasteiger partial charge on any atom is 0.130 e. The molecular weight excluding hydrogens is 222 g/mol. The molecule has 0 aliphatic heterocycles. The summed E-state index contributed by atoms with van der Waals surface area (Å²) in [5.74, 6) is 3.48. The molecule has 3 nitrogen and oxygen atoms in total. The van der Waals surface area contributed by atoms with Gasteiger partial charge in [-0.2, -0.15) is 0 Å².